The largest absolute Gasteiger partial charge is 0.433 e. The van der Waals surface area contributed by atoms with Crippen LogP contribution in [0, 0.1) is 11.6 Å². The number of amides is 1. The monoisotopic (exact) mass is 371 g/mol. The van der Waals surface area contributed by atoms with Gasteiger partial charge in [0, 0.05) is 37.1 Å². The van der Waals surface area contributed by atoms with Crippen molar-refractivity contribution in [3.63, 3.8) is 0 Å². The van der Waals surface area contributed by atoms with Crippen molar-refractivity contribution in [2.45, 2.75) is 12.7 Å². The SMILES string of the molecule is O=C1CN(c2ccnc(C(F)(F)F)c2)CCN1Cc1cc(F)ccc1F. The van der Waals surface area contributed by atoms with Crippen LogP contribution < -0.4 is 4.90 Å². The van der Waals surface area contributed by atoms with E-state index in [1.54, 1.807) is 0 Å². The van der Waals surface area contributed by atoms with Crippen LogP contribution >= 0.6 is 0 Å². The molecule has 0 unspecified atom stereocenters. The minimum atomic E-state index is -4.57. The Kier molecular flexibility index (Phi) is 4.80. The van der Waals surface area contributed by atoms with Gasteiger partial charge in [0.05, 0.1) is 6.54 Å². The summed E-state index contributed by atoms with van der Waals surface area (Å²) in [7, 11) is 0. The quantitative estimate of drug-likeness (QED) is 0.778. The molecule has 0 atom stereocenters. The van der Waals surface area contributed by atoms with Crippen molar-refractivity contribution in [2.75, 3.05) is 24.5 Å². The molecular formula is C17H14F5N3O. The standard InChI is InChI=1S/C17H14F5N3O/c18-12-1-2-14(19)11(7-12)9-25-6-5-24(10-16(25)26)13-3-4-23-15(8-13)17(20,21)22/h1-4,7-8H,5-6,9-10H2. The summed E-state index contributed by atoms with van der Waals surface area (Å²) in [6, 6.07) is 5.27. The van der Waals surface area contributed by atoms with Gasteiger partial charge in [-0.15, -0.1) is 0 Å². The summed E-state index contributed by atoms with van der Waals surface area (Å²) in [5.74, 6) is -1.61. The number of aromatic nitrogens is 1. The lowest BCUT2D eigenvalue weighted by Gasteiger charge is -2.35. The van der Waals surface area contributed by atoms with E-state index in [2.05, 4.69) is 4.98 Å². The molecule has 1 fully saturated rings. The number of carbonyl (C=O) groups excluding carboxylic acids is 1. The summed E-state index contributed by atoms with van der Waals surface area (Å²) < 4.78 is 65.3. The minimum absolute atomic E-state index is 0.0510. The Morgan fingerprint density at radius 1 is 1.08 bits per heavy atom. The zero-order valence-corrected chi connectivity index (χ0v) is 13.4. The van der Waals surface area contributed by atoms with Gasteiger partial charge in [0.1, 0.15) is 17.3 Å². The highest BCUT2D eigenvalue weighted by molar-refractivity contribution is 5.82. The van der Waals surface area contributed by atoms with E-state index in [4.69, 9.17) is 0 Å². The molecule has 138 valence electrons. The van der Waals surface area contributed by atoms with Gasteiger partial charge in [-0.2, -0.15) is 13.2 Å². The van der Waals surface area contributed by atoms with Gasteiger partial charge in [0.25, 0.3) is 0 Å². The lowest BCUT2D eigenvalue weighted by Crippen LogP contribution is -2.50. The summed E-state index contributed by atoms with van der Waals surface area (Å²) >= 11 is 0. The highest BCUT2D eigenvalue weighted by atomic mass is 19.4. The molecule has 26 heavy (non-hydrogen) atoms. The maximum absolute atomic E-state index is 13.7. The molecule has 0 spiro atoms. The summed E-state index contributed by atoms with van der Waals surface area (Å²) in [6.07, 6.45) is -3.53. The maximum atomic E-state index is 13.7. The molecule has 2 heterocycles. The van der Waals surface area contributed by atoms with E-state index >= 15 is 0 Å². The van der Waals surface area contributed by atoms with E-state index in [1.807, 2.05) is 0 Å². The Morgan fingerprint density at radius 3 is 2.54 bits per heavy atom. The fraction of sp³-hybridized carbons (Fsp3) is 0.294. The second-order valence-electron chi connectivity index (χ2n) is 5.87. The number of alkyl halides is 3. The predicted octanol–water partition coefficient (Wildman–Crippen LogP) is 3.23. The van der Waals surface area contributed by atoms with Crippen molar-refractivity contribution in [1.82, 2.24) is 9.88 Å². The van der Waals surface area contributed by atoms with Crippen LogP contribution in [0.15, 0.2) is 36.5 Å². The van der Waals surface area contributed by atoms with Crippen LogP contribution in [0.5, 0.6) is 0 Å². The Labute approximate surface area is 145 Å². The number of piperazine rings is 1. The second kappa shape index (κ2) is 6.89. The van der Waals surface area contributed by atoms with E-state index < -0.39 is 23.5 Å². The zero-order valence-electron chi connectivity index (χ0n) is 13.4. The Morgan fingerprint density at radius 2 is 1.85 bits per heavy atom. The van der Waals surface area contributed by atoms with E-state index in [0.717, 1.165) is 30.5 Å². The van der Waals surface area contributed by atoms with Crippen LogP contribution in [0.1, 0.15) is 11.3 Å². The van der Waals surface area contributed by atoms with Crippen LogP contribution in [0.2, 0.25) is 0 Å². The lowest BCUT2D eigenvalue weighted by molar-refractivity contribution is -0.141. The average Bonchev–Trinajstić information content (AvgIpc) is 2.59. The van der Waals surface area contributed by atoms with Gasteiger partial charge in [-0.05, 0) is 30.3 Å². The van der Waals surface area contributed by atoms with Crippen LogP contribution in [0.4, 0.5) is 27.6 Å². The molecule has 1 aliphatic rings. The van der Waals surface area contributed by atoms with Gasteiger partial charge in [-0.1, -0.05) is 0 Å². The third-order valence-electron chi connectivity index (χ3n) is 4.09. The fourth-order valence-corrected chi connectivity index (χ4v) is 2.74. The average molecular weight is 371 g/mol. The normalized spacial score (nSPS) is 15.5. The molecule has 0 saturated carbocycles. The Hall–Kier alpha value is -2.71. The van der Waals surface area contributed by atoms with Gasteiger partial charge in [-0.25, -0.2) is 8.78 Å². The van der Waals surface area contributed by atoms with Crippen LogP contribution in [-0.4, -0.2) is 35.4 Å². The van der Waals surface area contributed by atoms with Crippen LogP contribution in [0.25, 0.3) is 0 Å². The molecule has 0 radical (unpaired) electrons. The van der Waals surface area contributed by atoms with Gasteiger partial charge in [0.2, 0.25) is 5.91 Å². The number of anilines is 1. The van der Waals surface area contributed by atoms with Gasteiger partial charge < -0.3 is 9.80 Å². The lowest BCUT2D eigenvalue weighted by atomic mass is 10.1. The number of nitrogens with zero attached hydrogens (tertiary/aromatic N) is 3. The minimum Gasteiger partial charge on any atom is -0.360 e. The summed E-state index contributed by atoms with van der Waals surface area (Å²) in [4.78, 5) is 18.4. The van der Waals surface area contributed by atoms with Crippen molar-refractivity contribution < 1.29 is 26.7 Å². The second-order valence-corrected chi connectivity index (χ2v) is 5.87. The molecule has 4 nitrogen and oxygen atoms in total. The van der Waals surface area contributed by atoms with E-state index in [9.17, 15) is 26.7 Å². The molecule has 9 heteroatoms. The molecule has 1 aromatic carbocycles. The third kappa shape index (κ3) is 3.92. The van der Waals surface area contributed by atoms with E-state index in [1.165, 1.54) is 15.9 Å². The number of carbonyl (C=O) groups is 1. The van der Waals surface area contributed by atoms with Crippen molar-refractivity contribution in [1.29, 1.82) is 0 Å². The molecule has 1 amide bonds. The smallest absolute Gasteiger partial charge is 0.360 e. The van der Waals surface area contributed by atoms with Gasteiger partial charge >= 0.3 is 6.18 Å². The number of rotatable bonds is 3. The van der Waals surface area contributed by atoms with Crippen LogP contribution in [-0.2, 0) is 17.5 Å². The first-order chi connectivity index (χ1) is 12.2. The van der Waals surface area contributed by atoms with E-state index in [-0.39, 0.29) is 43.3 Å². The summed E-state index contributed by atoms with van der Waals surface area (Å²) in [6.45, 7) is 0.196. The molecule has 0 aliphatic carbocycles. The van der Waals surface area contributed by atoms with Crippen molar-refractivity contribution in [3.05, 3.63) is 59.4 Å². The molecule has 1 aliphatic heterocycles. The first-order valence-corrected chi connectivity index (χ1v) is 7.74. The molecule has 1 aromatic heterocycles. The molecule has 2 aromatic rings. The topological polar surface area (TPSA) is 36.4 Å². The first-order valence-electron chi connectivity index (χ1n) is 7.74. The predicted molar refractivity (Wildman–Crippen MR) is 83.2 cm³/mol. The van der Waals surface area contributed by atoms with Crippen molar-refractivity contribution >= 4 is 11.6 Å². The number of halogens is 5. The summed E-state index contributed by atoms with van der Waals surface area (Å²) in [5.41, 5.74) is -0.751. The molecule has 1 saturated heterocycles. The highest BCUT2D eigenvalue weighted by Gasteiger charge is 2.33. The van der Waals surface area contributed by atoms with Gasteiger partial charge in [-0.3, -0.25) is 9.78 Å². The third-order valence-corrected chi connectivity index (χ3v) is 4.09. The first kappa shape index (κ1) is 18.1. The Balaban J connectivity index is 1.71. The van der Waals surface area contributed by atoms with Gasteiger partial charge in [0.15, 0.2) is 0 Å². The molecule has 3 rings (SSSR count). The van der Waals surface area contributed by atoms with Crippen molar-refractivity contribution in [3.8, 4) is 0 Å². The maximum Gasteiger partial charge on any atom is 0.433 e. The Bertz CT molecular complexity index is 824. The fourth-order valence-electron chi connectivity index (χ4n) is 2.74. The van der Waals surface area contributed by atoms with E-state index in [0.29, 0.717) is 0 Å². The molecule has 0 bridgehead atoms. The summed E-state index contributed by atoms with van der Waals surface area (Å²) in [5, 5.41) is 0. The molecular weight excluding hydrogens is 357 g/mol. The molecule has 0 N–H and O–H groups in total. The zero-order chi connectivity index (χ0) is 18.9. The number of benzene rings is 1. The number of hydrogen-bond acceptors (Lipinski definition) is 3. The van der Waals surface area contributed by atoms with Crippen LogP contribution in [0.3, 0.4) is 0 Å². The van der Waals surface area contributed by atoms with Crippen molar-refractivity contribution in [2.24, 2.45) is 0 Å². The number of pyridine rings is 1. The highest BCUT2D eigenvalue weighted by Crippen LogP contribution is 2.30. The number of hydrogen-bond donors (Lipinski definition) is 0.